The molecule has 1 aromatic carbocycles. The van der Waals surface area contributed by atoms with E-state index < -0.39 is 0 Å². The minimum atomic E-state index is 0.0128. The summed E-state index contributed by atoms with van der Waals surface area (Å²) in [6, 6.07) is 7.68. The normalized spacial score (nSPS) is 9.56. The lowest BCUT2D eigenvalue weighted by atomic mass is 10.0. The first-order chi connectivity index (χ1) is 7.69. The first kappa shape index (κ1) is 12.3. The summed E-state index contributed by atoms with van der Waals surface area (Å²) in [5.41, 5.74) is 7.58. The number of rotatable bonds is 4. The van der Waals surface area contributed by atoms with Crippen molar-refractivity contribution in [1.82, 2.24) is 4.90 Å². The molecular formula is C13H16N2O. The highest BCUT2D eigenvalue weighted by Gasteiger charge is 2.10. The van der Waals surface area contributed by atoms with Crippen LogP contribution in [0.1, 0.15) is 11.1 Å². The van der Waals surface area contributed by atoms with Crippen LogP contribution in [-0.4, -0.2) is 24.4 Å². The predicted octanol–water partition coefficient (Wildman–Crippen LogP) is 0.779. The lowest BCUT2D eigenvalue weighted by molar-refractivity contribution is -0.128. The molecule has 0 aliphatic carbocycles. The van der Waals surface area contributed by atoms with Gasteiger partial charge in [-0.2, -0.15) is 0 Å². The maximum atomic E-state index is 11.8. The number of benzene rings is 1. The Morgan fingerprint density at radius 1 is 1.44 bits per heavy atom. The maximum absolute atomic E-state index is 11.8. The van der Waals surface area contributed by atoms with Gasteiger partial charge in [0.25, 0.3) is 0 Å². The highest BCUT2D eigenvalue weighted by atomic mass is 16.2. The van der Waals surface area contributed by atoms with Gasteiger partial charge in [-0.05, 0) is 11.1 Å². The molecule has 3 nitrogen and oxygen atoms in total. The number of nitrogens with zero attached hydrogens (tertiary/aromatic N) is 1. The topological polar surface area (TPSA) is 46.3 Å². The molecule has 1 amide bonds. The lowest BCUT2D eigenvalue weighted by Gasteiger charge is -2.15. The number of nitrogens with two attached hydrogens (primary N) is 1. The van der Waals surface area contributed by atoms with Crippen LogP contribution in [0.4, 0.5) is 0 Å². The molecule has 1 rings (SSSR count). The molecule has 0 saturated heterocycles. The zero-order valence-corrected chi connectivity index (χ0v) is 9.44. The van der Waals surface area contributed by atoms with Crippen molar-refractivity contribution in [2.75, 3.05) is 13.6 Å². The molecule has 0 aliphatic heterocycles. The van der Waals surface area contributed by atoms with Crippen molar-refractivity contribution in [2.45, 2.75) is 13.0 Å². The summed E-state index contributed by atoms with van der Waals surface area (Å²) in [7, 11) is 1.70. The smallest absolute Gasteiger partial charge is 0.227 e. The van der Waals surface area contributed by atoms with E-state index >= 15 is 0 Å². The van der Waals surface area contributed by atoms with E-state index in [1.165, 1.54) is 4.90 Å². The summed E-state index contributed by atoms with van der Waals surface area (Å²) in [5.74, 6) is 2.46. The highest BCUT2D eigenvalue weighted by Crippen LogP contribution is 2.09. The Balaban J connectivity index is 2.73. The molecule has 84 valence electrons. The van der Waals surface area contributed by atoms with Crippen molar-refractivity contribution < 1.29 is 4.79 Å². The van der Waals surface area contributed by atoms with Crippen molar-refractivity contribution in [2.24, 2.45) is 5.73 Å². The van der Waals surface area contributed by atoms with Crippen LogP contribution < -0.4 is 5.73 Å². The van der Waals surface area contributed by atoms with E-state index in [4.69, 9.17) is 12.2 Å². The molecule has 2 N–H and O–H groups in total. The molecule has 0 spiro atoms. The third kappa shape index (κ3) is 3.11. The second-order valence-corrected chi connectivity index (χ2v) is 3.60. The lowest BCUT2D eigenvalue weighted by Crippen LogP contribution is -2.28. The van der Waals surface area contributed by atoms with Crippen molar-refractivity contribution in [3.05, 3.63) is 35.4 Å². The van der Waals surface area contributed by atoms with Gasteiger partial charge in [0.15, 0.2) is 0 Å². The molecule has 3 heteroatoms. The van der Waals surface area contributed by atoms with Crippen LogP contribution in [0.5, 0.6) is 0 Å². The Kier molecular flexibility index (Phi) is 4.56. The summed E-state index contributed by atoms with van der Waals surface area (Å²) < 4.78 is 0. The van der Waals surface area contributed by atoms with Crippen molar-refractivity contribution in [3.63, 3.8) is 0 Å². The van der Waals surface area contributed by atoms with E-state index in [0.717, 1.165) is 11.1 Å². The number of hydrogen-bond acceptors (Lipinski definition) is 2. The first-order valence-corrected chi connectivity index (χ1v) is 5.13. The van der Waals surface area contributed by atoms with Crippen molar-refractivity contribution in [3.8, 4) is 12.3 Å². The van der Waals surface area contributed by atoms with Crippen LogP contribution in [-0.2, 0) is 17.8 Å². The number of carbonyl (C=O) groups excluding carboxylic acids is 1. The van der Waals surface area contributed by atoms with Gasteiger partial charge in [-0.15, -0.1) is 6.42 Å². The second-order valence-electron chi connectivity index (χ2n) is 3.60. The van der Waals surface area contributed by atoms with Crippen molar-refractivity contribution in [1.29, 1.82) is 0 Å². The van der Waals surface area contributed by atoms with Gasteiger partial charge in [-0.3, -0.25) is 4.79 Å². The largest absolute Gasteiger partial charge is 0.334 e. The van der Waals surface area contributed by atoms with E-state index in [9.17, 15) is 4.79 Å². The summed E-state index contributed by atoms with van der Waals surface area (Å²) in [6.45, 7) is 0.784. The van der Waals surface area contributed by atoms with E-state index in [1.807, 2.05) is 24.3 Å². The number of amides is 1. The van der Waals surface area contributed by atoms with E-state index in [0.29, 0.717) is 19.5 Å². The fraction of sp³-hybridized carbons (Fsp3) is 0.308. The van der Waals surface area contributed by atoms with Gasteiger partial charge in [-0.25, -0.2) is 0 Å². The van der Waals surface area contributed by atoms with Crippen LogP contribution in [0.3, 0.4) is 0 Å². The van der Waals surface area contributed by atoms with Gasteiger partial charge >= 0.3 is 0 Å². The Morgan fingerprint density at radius 3 is 2.62 bits per heavy atom. The van der Waals surface area contributed by atoms with E-state index in [2.05, 4.69) is 5.92 Å². The SMILES string of the molecule is C#CCN(C)C(=O)Cc1ccccc1CN. The van der Waals surface area contributed by atoms with Gasteiger partial charge < -0.3 is 10.6 Å². The van der Waals surface area contributed by atoms with Crippen LogP contribution >= 0.6 is 0 Å². The number of likely N-dealkylation sites (N-methyl/N-ethyl adjacent to an activating group) is 1. The monoisotopic (exact) mass is 216 g/mol. The van der Waals surface area contributed by atoms with E-state index in [1.54, 1.807) is 7.05 Å². The Bertz CT molecular complexity index is 407. The van der Waals surface area contributed by atoms with Crippen LogP contribution in [0.2, 0.25) is 0 Å². The van der Waals surface area contributed by atoms with E-state index in [-0.39, 0.29) is 5.91 Å². The fourth-order valence-corrected chi connectivity index (χ4v) is 1.45. The summed E-state index contributed by atoms with van der Waals surface area (Å²) in [4.78, 5) is 13.3. The van der Waals surface area contributed by atoms with Crippen molar-refractivity contribution >= 4 is 5.91 Å². The summed E-state index contributed by atoms with van der Waals surface area (Å²) in [5, 5.41) is 0. The molecule has 0 heterocycles. The molecule has 0 fully saturated rings. The maximum Gasteiger partial charge on any atom is 0.227 e. The minimum Gasteiger partial charge on any atom is -0.334 e. The highest BCUT2D eigenvalue weighted by molar-refractivity contribution is 5.79. The Labute approximate surface area is 96.2 Å². The van der Waals surface area contributed by atoms with Crippen LogP contribution in [0, 0.1) is 12.3 Å². The standard InChI is InChI=1S/C13H16N2O/c1-3-8-15(2)13(16)9-11-6-4-5-7-12(11)10-14/h1,4-7H,8-10,14H2,2H3. The predicted molar refractivity (Wildman–Crippen MR) is 64.5 cm³/mol. The van der Waals surface area contributed by atoms with Crippen LogP contribution in [0.25, 0.3) is 0 Å². The molecule has 0 atom stereocenters. The molecule has 0 radical (unpaired) electrons. The molecule has 0 bridgehead atoms. The van der Waals surface area contributed by atoms with Gasteiger partial charge in [0, 0.05) is 13.6 Å². The molecule has 1 aromatic rings. The second kappa shape index (κ2) is 5.94. The Hall–Kier alpha value is -1.79. The van der Waals surface area contributed by atoms with Gasteiger partial charge in [0.1, 0.15) is 0 Å². The van der Waals surface area contributed by atoms with Gasteiger partial charge in [-0.1, -0.05) is 30.2 Å². The summed E-state index contributed by atoms with van der Waals surface area (Å²) >= 11 is 0. The molecule has 0 saturated carbocycles. The number of terminal acetylenes is 1. The molecule has 0 aromatic heterocycles. The first-order valence-electron chi connectivity index (χ1n) is 5.13. The molecule has 0 unspecified atom stereocenters. The minimum absolute atomic E-state index is 0.0128. The van der Waals surface area contributed by atoms with Gasteiger partial charge in [0.2, 0.25) is 5.91 Å². The summed E-state index contributed by atoms with van der Waals surface area (Å²) in [6.07, 6.45) is 5.51. The zero-order chi connectivity index (χ0) is 12.0. The third-order valence-electron chi connectivity index (χ3n) is 2.43. The third-order valence-corrected chi connectivity index (χ3v) is 2.43. The zero-order valence-electron chi connectivity index (χ0n) is 9.44. The average molecular weight is 216 g/mol. The number of hydrogen-bond donors (Lipinski definition) is 1. The fourth-order valence-electron chi connectivity index (χ4n) is 1.45. The number of carbonyl (C=O) groups is 1. The molecular weight excluding hydrogens is 200 g/mol. The molecule has 16 heavy (non-hydrogen) atoms. The Morgan fingerprint density at radius 2 is 2.06 bits per heavy atom. The van der Waals surface area contributed by atoms with Crippen LogP contribution in [0.15, 0.2) is 24.3 Å². The quantitative estimate of drug-likeness (QED) is 0.756. The average Bonchev–Trinajstić information content (AvgIpc) is 2.30. The van der Waals surface area contributed by atoms with Gasteiger partial charge in [0.05, 0.1) is 13.0 Å². The molecule has 0 aliphatic rings.